The van der Waals surface area contributed by atoms with E-state index in [-0.39, 0.29) is 18.1 Å². The Morgan fingerprint density at radius 2 is 2.40 bits per heavy atom. The van der Waals surface area contributed by atoms with Gasteiger partial charge in [-0.25, -0.2) is 0 Å². The summed E-state index contributed by atoms with van der Waals surface area (Å²) in [7, 11) is 1.61. The van der Waals surface area contributed by atoms with Crippen molar-refractivity contribution in [3.63, 3.8) is 0 Å². The fraction of sp³-hybridized carbons (Fsp3) is 0.571. The van der Waals surface area contributed by atoms with Crippen LogP contribution in [0.3, 0.4) is 0 Å². The van der Waals surface area contributed by atoms with E-state index in [4.69, 9.17) is 4.74 Å². The molecule has 1 fully saturated rings. The van der Waals surface area contributed by atoms with Crippen molar-refractivity contribution in [2.75, 3.05) is 7.05 Å². The van der Waals surface area contributed by atoms with Crippen molar-refractivity contribution in [1.29, 1.82) is 0 Å². The van der Waals surface area contributed by atoms with Gasteiger partial charge in [0.2, 0.25) is 0 Å². The van der Waals surface area contributed by atoms with Crippen molar-refractivity contribution in [2.45, 2.75) is 19.1 Å². The Morgan fingerprint density at radius 1 is 1.70 bits per heavy atom. The van der Waals surface area contributed by atoms with Gasteiger partial charge in [-0.2, -0.15) is 0 Å². The lowest BCUT2D eigenvalue weighted by Gasteiger charge is -1.88. The lowest BCUT2D eigenvalue weighted by molar-refractivity contribution is -0.121. The maximum absolute atomic E-state index is 10.8. The summed E-state index contributed by atoms with van der Waals surface area (Å²) in [6, 6.07) is 0. The molecule has 56 valence electrons. The van der Waals surface area contributed by atoms with E-state index >= 15 is 0 Å². The van der Waals surface area contributed by atoms with E-state index in [9.17, 15) is 4.79 Å². The highest BCUT2D eigenvalue weighted by Gasteiger charge is 2.42. The Labute approximate surface area is 60.1 Å². The van der Waals surface area contributed by atoms with Gasteiger partial charge in [-0.15, -0.1) is 0 Å². The summed E-state index contributed by atoms with van der Waals surface area (Å²) >= 11 is 0. The van der Waals surface area contributed by atoms with E-state index in [1.54, 1.807) is 7.05 Å². The number of epoxide rings is 1. The maximum Gasteiger partial charge on any atom is 0.251 e. The molecular weight excluding hydrogens is 130 g/mol. The zero-order chi connectivity index (χ0) is 7.56. The monoisotopic (exact) mass is 141 g/mol. The molecule has 0 aromatic heterocycles. The second-order valence-corrected chi connectivity index (χ2v) is 2.16. The average Bonchev–Trinajstić information content (AvgIpc) is 2.67. The molecule has 1 heterocycles. The Morgan fingerprint density at radius 3 is 2.90 bits per heavy atom. The molecule has 0 radical (unpaired) electrons. The average molecular weight is 141 g/mol. The zero-order valence-corrected chi connectivity index (χ0v) is 6.13. The number of likely N-dealkylation sites (N-methyl/N-ethyl adjacent to an activating group) is 1. The van der Waals surface area contributed by atoms with Crippen LogP contribution in [0.15, 0.2) is 12.2 Å². The third kappa shape index (κ3) is 1.36. The molecule has 2 unspecified atom stereocenters. The van der Waals surface area contributed by atoms with Crippen LogP contribution in [0.25, 0.3) is 0 Å². The molecule has 1 N–H and O–H groups in total. The van der Waals surface area contributed by atoms with Gasteiger partial charge in [0.15, 0.2) is 6.10 Å². The second kappa shape index (κ2) is 2.84. The predicted molar refractivity (Wildman–Crippen MR) is 37.5 cm³/mol. The summed E-state index contributed by atoms with van der Waals surface area (Å²) in [5, 5.41) is 2.52. The minimum absolute atomic E-state index is 0.0185. The van der Waals surface area contributed by atoms with E-state index in [1.165, 1.54) is 0 Å². The molecule has 0 aromatic rings. The predicted octanol–water partition coefficient (Wildman–Crippen LogP) is 0.0759. The molecule has 1 aliphatic heterocycles. The van der Waals surface area contributed by atoms with Crippen molar-refractivity contribution in [1.82, 2.24) is 5.32 Å². The third-order valence-corrected chi connectivity index (χ3v) is 1.41. The van der Waals surface area contributed by atoms with Gasteiger partial charge in [0.05, 0.1) is 0 Å². The SMILES string of the molecule is C/C=C/C1OC1C(=O)NC. The lowest BCUT2D eigenvalue weighted by Crippen LogP contribution is -2.24. The number of ether oxygens (including phenoxy) is 1. The first-order valence-corrected chi connectivity index (χ1v) is 3.29. The minimum Gasteiger partial charge on any atom is -0.357 e. The molecule has 0 saturated carbocycles. The zero-order valence-electron chi connectivity index (χ0n) is 6.13. The number of hydrogen-bond donors (Lipinski definition) is 1. The van der Waals surface area contributed by atoms with Gasteiger partial charge in [0.1, 0.15) is 6.10 Å². The van der Waals surface area contributed by atoms with Gasteiger partial charge in [-0.1, -0.05) is 12.2 Å². The van der Waals surface area contributed by atoms with E-state index in [0.29, 0.717) is 0 Å². The van der Waals surface area contributed by atoms with Gasteiger partial charge in [-0.3, -0.25) is 4.79 Å². The highest BCUT2D eigenvalue weighted by atomic mass is 16.6. The summed E-state index contributed by atoms with van der Waals surface area (Å²) in [6.07, 6.45) is 3.54. The number of carbonyl (C=O) groups is 1. The van der Waals surface area contributed by atoms with Gasteiger partial charge < -0.3 is 10.1 Å². The van der Waals surface area contributed by atoms with Crippen molar-refractivity contribution in [3.05, 3.63) is 12.2 Å². The van der Waals surface area contributed by atoms with E-state index < -0.39 is 0 Å². The van der Waals surface area contributed by atoms with Crippen LogP contribution < -0.4 is 5.32 Å². The van der Waals surface area contributed by atoms with Crippen molar-refractivity contribution in [2.24, 2.45) is 0 Å². The number of amides is 1. The smallest absolute Gasteiger partial charge is 0.251 e. The Balaban J connectivity index is 2.31. The quantitative estimate of drug-likeness (QED) is 0.437. The van der Waals surface area contributed by atoms with E-state index in [2.05, 4.69) is 5.32 Å². The summed E-state index contributed by atoms with van der Waals surface area (Å²) in [5.41, 5.74) is 0. The number of hydrogen-bond acceptors (Lipinski definition) is 2. The van der Waals surface area contributed by atoms with Crippen molar-refractivity contribution in [3.8, 4) is 0 Å². The maximum atomic E-state index is 10.8. The lowest BCUT2D eigenvalue weighted by atomic mass is 10.3. The molecule has 1 amide bonds. The summed E-state index contributed by atoms with van der Waals surface area (Å²) < 4.78 is 5.01. The summed E-state index contributed by atoms with van der Waals surface area (Å²) in [6.45, 7) is 1.91. The number of nitrogens with one attached hydrogen (secondary N) is 1. The van der Waals surface area contributed by atoms with Gasteiger partial charge >= 0.3 is 0 Å². The van der Waals surface area contributed by atoms with Crippen LogP contribution in [0.4, 0.5) is 0 Å². The normalized spacial score (nSPS) is 30.6. The summed E-state index contributed by atoms with van der Waals surface area (Å²) in [5.74, 6) is -0.0388. The first-order chi connectivity index (χ1) is 4.79. The Bertz CT molecular complexity index is 165. The van der Waals surface area contributed by atoms with Gasteiger partial charge in [0.25, 0.3) is 5.91 Å². The molecule has 1 aliphatic rings. The topological polar surface area (TPSA) is 41.6 Å². The van der Waals surface area contributed by atoms with Crippen LogP contribution in [0.5, 0.6) is 0 Å². The summed E-state index contributed by atoms with van der Waals surface area (Å²) in [4.78, 5) is 10.8. The second-order valence-electron chi connectivity index (χ2n) is 2.16. The molecule has 3 nitrogen and oxygen atoms in total. The fourth-order valence-corrected chi connectivity index (χ4v) is 0.813. The molecule has 0 aliphatic carbocycles. The van der Waals surface area contributed by atoms with Crippen LogP contribution in [-0.2, 0) is 9.53 Å². The standard InChI is InChI=1S/C7H11NO2/c1-3-4-5-6(10-5)7(9)8-2/h3-6H,1-2H3,(H,8,9)/b4-3+. The number of carbonyl (C=O) groups excluding carboxylic acids is 1. The number of rotatable bonds is 2. The highest BCUT2D eigenvalue weighted by molar-refractivity contribution is 5.83. The molecule has 0 bridgehead atoms. The molecule has 3 heteroatoms. The Kier molecular flexibility index (Phi) is 2.06. The first kappa shape index (κ1) is 7.28. The number of allylic oxidation sites excluding steroid dienone is 1. The van der Waals surface area contributed by atoms with Gasteiger partial charge in [-0.05, 0) is 6.92 Å². The van der Waals surface area contributed by atoms with E-state index in [1.807, 2.05) is 19.1 Å². The fourth-order valence-electron chi connectivity index (χ4n) is 0.813. The van der Waals surface area contributed by atoms with Crippen molar-refractivity contribution < 1.29 is 9.53 Å². The molecular formula is C7H11NO2. The third-order valence-electron chi connectivity index (χ3n) is 1.41. The largest absolute Gasteiger partial charge is 0.357 e. The van der Waals surface area contributed by atoms with E-state index in [0.717, 1.165) is 0 Å². The van der Waals surface area contributed by atoms with Crippen LogP contribution >= 0.6 is 0 Å². The molecule has 10 heavy (non-hydrogen) atoms. The van der Waals surface area contributed by atoms with Crippen LogP contribution in [0, 0.1) is 0 Å². The molecule has 0 aromatic carbocycles. The minimum atomic E-state index is -0.235. The molecule has 2 atom stereocenters. The van der Waals surface area contributed by atoms with Crippen LogP contribution in [0.2, 0.25) is 0 Å². The van der Waals surface area contributed by atoms with Gasteiger partial charge in [0, 0.05) is 7.05 Å². The molecule has 1 rings (SSSR count). The Hall–Kier alpha value is -0.830. The molecule has 0 spiro atoms. The first-order valence-electron chi connectivity index (χ1n) is 3.29. The van der Waals surface area contributed by atoms with Crippen LogP contribution in [0.1, 0.15) is 6.92 Å². The highest BCUT2D eigenvalue weighted by Crippen LogP contribution is 2.22. The van der Waals surface area contributed by atoms with Crippen LogP contribution in [-0.4, -0.2) is 25.2 Å². The van der Waals surface area contributed by atoms with Crippen molar-refractivity contribution >= 4 is 5.91 Å². The molecule has 1 saturated heterocycles.